The SMILES string of the molecule is C1CC2CC1CC2SC1CC2CCC1C2. The molecule has 0 radical (unpaired) electrons. The minimum atomic E-state index is 1.09. The standard InChI is InChI=1S/C14H22S/c1-3-11-5-9(1)7-13(11)15-14-8-10-2-4-12(14)6-10/h9-14H,1-8H2. The van der Waals surface area contributed by atoms with Crippen molar-refractivity contribution in [3.63, 3.8) is 0 Å². The lowest BCUT2D eigenvalue weighted by Gasteiger charge is -2.28. The molecule has 0 nitrogen and oxygen atoms in total. The fourth-order valence-electron chi connectivity index (χ4n) is 4.93. The third-order valence-corrected chi connectivity index (χ3v) is 7.55. The lowest BCUT2D eigenvalue weighted by Crippen LogP contribution is -2.21. The summed E-state index contributed by atoms with van der Waals surface area (Å²) in [6.07, 6.45) is 12.6. The van der Waals surface area contributed by atoms with E-state index in [0.717, 1.165) is 34.2 Å². The second kappa shape index (κ2) is 3.42. The van der Waals surface area contributed by atoms with Gasteiger partial charge in [-0.25, -0.2) is 0 Å². The van der Waals surface area contributed by atoms with Crippen molar-refractivity contribution in [1.82, 2.24) is 0 Å². The second-order valence-corrected chi connectivity index (χ2v) is 8.05. The first-order chi connectivity index (χ1) is 7.38. The molecule has 6 unspecified atom stereocenters. The summed E-state index contributed by atoms with van der Waals surface area (Å²) in [5.74, 6) is 4.57. The van der Waals surface area contributed by atoms with Gasteiger partial charge in [0, 0.05) is 10.5 Å². The molecule has 4 aliphatic carbocycles. The molecule has 0 spiro atoms. The van der Waals surface area contributed by atoms with Crippen LogP contribution in [0.15, 0.2) is 0 Å². The van der Waals surface area contributed by atoms with Gasteiger partial charge in [-0.3, -0.25) is 0 Å². The normalized spacial score (nSPS) is 56.8. The van der Waals surface area contributed by atoms with Crippen LogP contribution in [0.3, 0.4) is 0 Å². The molecule has 0 aliphatic heterocycles. The van der Waals surface area contributed by atoms with Crippen molar-refractivity contribution in [1.29, 1.82) is 0 Å². The van der Waals surface area contributed by atoms with Crippen LogP contribution in [-0.4, -0.2) is 10.5 Å². The van der Waals surface area contributed by atoms with Crippen molar-refractivity contribution in [2.75, 3.05) is 0 Å². The molecule has 4 fully saturated rings. The summed E-state index contributed by atoms with van der Waals surface area (Å²) < 4.78 is 0. The van der Waals surface area contributed by atoms with Crippen LogP contribution in [0.1, 0.15) is 51.4 Å². The van der Waals surface area contributed by atoms with Crippen LogP contribution >= 0.6 is 11.8 Å². The van der Waals surface area contributed by atoms with Gasteiger partial charge in [-0.05, 0) is 62.2 Å². The fourth-order valence-corrected chi connectivity index (χ4v) is 7.08. The van der Waals surface area contributed by atoms with Gasteiger partial charge >= 0.3 is 0 Å². The van der Waals surface area contributed by atoms with E-state index in [9.17, 15) is 0 Å². The number of fused-ring (bicyclic) bond motifs is 4. The molecule has 0 amide bonds. The molecule has 0 aromatic rings. The molecule has 0 aromatic heterocycles. The second-order valence-electron chi connectivity index (χ2n) is 6.56. The zero-order valence-electron chi connectivity index (χ0n) is 9.53. The van der Waals surface area contributed by atoms with E-state index in [1.807, 2.05) is 0 Å². The molecule has 4 aliphatic rings. The number of hydrogen-bond donors (Lipinski definition) is 0. The summed E-state index contributed by atoms with van der Waals surface area (Å²) in [7, 11) is 0. The third kappa shape index (κ3) is 1.49. The summed E-state index contributed by atoms with van der Waals surface area (Å²) in [6, 6.07) is 0. The van der Waals surface area contributed by atoms with Gasteiger partial charge in [-0.1, -0.05) is 12.8 Å². The highest BCUT2D eigenvalue weighted by atomic mass is 32.2. The number of thioether (sulfide) groups is 1. The molecule has 4 rings (SSSR count). The highest BCUT2D eigenvalue weighted by molar-refractivity contribution is 8.00. The molecule has 15 heavy (non-hydrogen) atoms. The maximum Gasteiger partial charge on any atom is 0.00809 e. The lowest BCUT2D eigenvalue weighted by molar-refractivity contribution is 0.471. The summed E-state index contributed by atoms with van der Waals surface area (Å²) in [6.45, 7) is 0. The molecule has 0 N–H and O–H groups in total. The van der Waals surface area contributed by atoms with E-state index in [-0.39, 0.29) is 0 Å². The molecule has 0 aromatic carbocycles. The van der Waals surface area contributed by atoms with Crippen LogP contribution in [0.2, 0.25) is 0 Å². The van der Waals surface area contributed by atoms with E-state index in [0.29, 0.717) is 0 Å². The summed E-state index contributed by atoms with van der Waals surface area (Å²) >= 11 is 2.44. The van der Waals surface area contributed by atoms with E-state index >= 15 is 0 Å². The van der Waals surface area contributed by atoms with E-state index < -0.39 is 0 Å². The van der Waals surface area contributed by atoms with Crippen LogP contribution in [-0.2, 0) is 0 Å². The van der Waals surface area contributed by atoms with Gasteiger partial charge in [0.25, 0.3) is 0 Å². The third-order valence-electron chi connectivity index (χ3n) is 5.70. The van der Waals surface area contributed by atoms with Crippen LogP contribution < -0.4 is 0 Å². The van der Waals surface area contributed by atoms with Crippen LogP contribution in [0, 0.1) is 23.7 Å². The van der Waals surface area contributed by atoms with Gasteiger partial charge in [0.15, 0.2) is 0 Å². The predicted molar refractivity (Wildman–Crippen MR) is 66.1 cm³/mol. The maximum absolute atomic E-state index is 2.44. The van der Waals surface area contributed by atoms with E-state index in [2.05, 4.69) is 11.8 Å². The fraction of sp³-hybridized carbons (Fsp3) is 1.00. The largest absolute Gasteiger partial charge is 0.155 e. The Morgan fingerprint density at radius 2 is 1.13 bits per heavy atom. The van der Waals surface area contributed by atoms with E-state index in [4.69, 9.17) is 0 Å². The van der Waals surface area contributed by atoms with Gasteiger partial charge in [0.05, 0.1) is 0 Å². The summed E-state index contributed by atoms with van der Waals surface area (Å²) in [5, 5.41) is 2.18. The lowest BCUT2D eigenvalue weighted by atomic mass is 10.00. The molecule has 1 heteroatoms. The highest BCUT2D eigenvalue weighted by Gasteiger charge is 2.45. The van der Waals surface area contributed by atoms with Crippen LogP contribution in [0.25, 0.3) is 0 Å². The summed E-state index contributed by atoms with van der Waals surface area (Å²) in [5.41, 5.74) is 0. The zero-order chi connectivity index (χ0) is 9.83. The monoisotopic (exact) mass is 222 g/mol. The maximum atomic E-state index is 2.44. The Bertz CT molecular complexity index is 236. The molecule has 4 bridgehead atoms. The smallest absolute Gasteiger partial charge is 0.00809 e. The summed E-state index contributed by atoms with van der Waals surface area (Å²) in [4.78, 5) is 0. The van der Waals surface area contributed by atoms with Crippen molar-refractivity contribution in [2.45, 2.75) is 61.9 Å². The average molecular weight is 222 g/mol. The Kier molecular flexibility index (Phi) is 2.14. The first-order valence-electron chi connectivity index (χ1n) is 7.04. The topological polar surface area (TPSA) is 0 Å². The number of hydrogen-bond acceptors (Lipinski definition) is 1. The van der Waals surface area contributed by atoms with Gasteiger partial charge in [-0.2, -0.15) is 11.8 Å². The quantitative estimate of drug-likeness (QED) is 0.678. The first kappa shape index (κ1) is 9.39. The van der Waals surface area contributed by atoms with Crippen molar-refractivity contribution in [3.05, 3.63) is 0 Å². The van der Waals surface area contributed by atoms with Crippen LogP contribution in [0.4, 0.5) is 0 Å². The molecule has 6 atom stereocenters. The Hall–Kier alpha value is 0.350. The van der Waals surface area contributed by atoms with E-state index in [1.54, 1.807) is 51.4 Å². The van der Waals surface area contributed by atoms with Gasteiger partial charge in [0.2, 0.25) is 0 Å². The number of rotatable bonds is 2. The minimum absolute atomic E-state index is 1.09. The Morgan fingerprint density at radius 3 is 1.47 bits per heavy atom. The van der Waals surface area contributed by atoms with Crippen molar-refractivity contribution >= 4 is 11.8 Å². The molecule has 84 valence electrons. The molecule has 0 saturated heterocycles. The van der Waals surface area contributed by atoms with Gasteiger partial charge < -0.3 is 0 Å². The Labute approximate surface area is 97.6 Å². The van der Waals surface area contributed by atoms with Crippen molar-refractivity contribution in [2.24, 2.45) is 23.7 Å². The zero-order valence-corrected chi connectivity index (χ0v) is 10.3. The molecule has 4 saturated carbocycles. The van der Waals surface area contributed by atoms with Gasteiger partial charge in [0.1, 0.15) is 0 Å². The van der Waals surface area contributed by atoms with Crippen LogP contribution in [0.5, 0.6) is 0 Å². The Morgan fingerprint density at radius 1 is 0.600 bits per heavy atom. The molecular formula is C14H22S. The average Bonchev–Trinajstić information content (AvgIpc) is 2.96. The Balaban J connectivity index is 1.40. The minimum Gasteiger partial charge on any atom is -0.155 e. The van der Waals surface area contributed by atoms with E-state index in [1.165, 1.54) is 0 Å². The predicted octanol–water partition coefficient (Wildman–Crippen LogP) is 4.10. The highest BCUT2D eigenvalue weighted by Crippen LogP contribution is 2.56. The molecule has 0 heterocycles. The molecular weight excluding hydrogens is 200 g/mol. The van der Waals surface area contributed by atoms with Crippen molar-refractivity contribution < 1.29 is 0 Å². The first-order valence-corrected chi connectivity index (χ1v) is 7.98. The van der Waals surface area contributed by atoms with Gasteiger partial charge in [-0.15, -0.1) is 0 Å². The van der Waals surface area contributed by atoms with Crippen molar-refractivity contribution in [3.8, 4) is 0 Å².